The van der Waals surface area contributed by atoms with Gasteiger partial charge in [-0.25, -0.2) is 23.3 Å². The molecule has 128 valence electrons. The van der Waals surface area contributed by atoms with E-state index in [1.807, 2.05) is 30.3 Å². The molecule has 24 heavy (non-hydrogen) atoms. The number of carbonyl (C=O) groups is 1. The predicted molar refractivity (Wildman–Crippen MR) is 90.1 cm³/mol. The number of hydrogen-bond donors (Lipinski definition) is 2. The number of anilines is 1. The van der Waals surface area contributed by atoms with E-state index in [0.717, 1.165) is 11.8 Å². The standard InChI is InChI=1S/C16H19N3O4S/c1-3-23-16(20)13-10-19-15(24(17,21)22)11(2)14(13)18-9-12-7-5-4-6-8-12/h4-8,10H,3,9H2,1-2H3,(H,18,19)(H2,17,21,22). The normalized spacial score (nSPS) is 11.1. The van der Waals surface area contributed by atoms with Gasteiger partial charge in [0.25, 0.3) is 10.0 Å². The minimum absolute atomic E-state index is 0.165. The van der Waals surface area contributed by atoms with E-state index in [2.05, 4.69) is 10.3 Å². The quantitative estimate of drug-likeness (QED) is 0.770. The summed E-state index contributed by atoms with van der Waals surface area (Å²) in [5, 5.41) is 8.00. The lowest BCUT2D eigenvalue weighted by Crippen LogP contribution is -2.19. The Morgan fingerprint density at radius 2 is 1.96 bits per heavy atom. The molecule has 0 aliphatic heterocycles. The summed E-state index contributed by atoms with van der Waals surface area (Å²) < 4.78 is 28.3. The second-order valence-electron chi connectivity index (χ2n) is 5.08. The van der Waals surface area contributed by atoms with Crippen LogP contribution in [0.5, 0.6) is 0 Å². The first-order valence-electron chi connectivity index (χ1n) is 7.32. The molecule has 0 aliphatic rings. The van der Waals surface area contributed by atoms with Crippen LogP contribution < -0.4 is 10.5 Å². The highest BCUT2D eigenvalue weighted by Gasteiger charge is 2.22. The molecular weight excluding hydrogens is 330 g/mol. The Kier molecular flexibility index (Phi) is 5.53. The molecule has 2 aromatic rings. The number of sulfonamides is 1. The third kappa shape index (κ3) is 4.09. The number of aromatic nitrogens is 1. The monoisotopic (exact) mass is 349 g/mol. The van der Waals surface area contributed by atoms with Gasteiger partial charge in [-0.3, -0.25) is 0 Å². The van der Waals surface area contributed by atoms with Crippen molar-refractivity contribution in [1.29, 1.82) is 0 Å². The average Bonchev–Trinajstić information content (AvgIpc) is 2.53. The van der Waals surface area contributed by atoms with Gasteiger partial charge in [-0.05, 0) is 19.4 Å². The maximum Gasteiger partial charge on any atom is 0.341 e. The highest BCUT2D eigenvalue weighted by molar-refractivity contribution is 7.89. The number of nitrogens with zero attached hydrogens (tertiary/aromatic N) is 1. The number of hydrogen-bond acceptors (Lipinski definition) is 6. The van der Waals surface area contributed by atoms with Crippen molar-refractivity contribution in [3.05, 3.63) is 53.2 Å². The Bertz CT molecular complexity index is 836. The number of nitrogens with one attached hydrogen (secondary N) is 1. The Morgan fingerprint density at radius 1 is 1.29 bits per heavy atom. The van der Waals surface area contributed by atoms with Gasteiger partial charge in [-0.1, -0.05) is 30.3 Å². The van der Waals surface area contributed by atoms with Crippen LogP contribution in [0.15, 0.2) is 41.6 Å². The van der Waals surface area contributed by atoms with E-state index >= 15 is 0 Å². The van der Waals surface area contributed by atoms with Gasteiger partial charge in [-0.15, -0.1) is 0 Å². The third-order valence-electron chi connectivity index (χ3n) is 3.35. The van der Waals surface area contributed by atoms with Crippen molar-refractivity contribution in [2.45, 2.75) is 25.4 Å². The number of nitrogens with two attached hydrogens (primary N) is 1. The molecule has 7 nitrogen and oxygen atoms in total. The van der Waals surface area contributed by atoms with Crippen LogP contribution in [-0.4, -0.2) is 26.0 Å². The Labute approximate surface area is 140 Å². The summed E-state index contributed by atoms with van der Waals surface area (Å²) in [5.74, 6) is -0.579. The topological polar surface area (TPSA) is 111 Å². The smallest absolute Gasteiger partial charge is 0.341 e. The molecule has 0 radical (unpaired) electrons. The Balaban J connectivity index is 2.45. The second kappa shape index (κ2) is 7.41. The first-order valence-corrected chi connectivity index (χ1v) is 8.86. The summed E-state index contributed by atoms with van der Waals surface area (Å²) in [6.07, 6.45) is 1.16. The fourth-order valence-corrected chi connectivity index (χ4v) is 2.99. The van der Waals surface area contributed by atoms with Gasteiger partial charge in [0.15, 0.2) is 5.03 Å². The molecule has 0 unspecified atom stereocenters. The molecule has 1 aromatic heterocycles. The minimum atomic E-state index is -4.00. The number of esters is 1. The van der Waals surface area contributed by atoms with Crippen LogP contribution in [0, 0.1) is 6.92 Å². The lowest BCUT2D eigenvalue weighted by Gasteiger charge is -2.16. The lowest BCUT2D eigenvalue weighted by molar-refractivity contribution is 0.0526. The van der Waals surface area contributed by atoms with E-state index in [1.54, 1.807) is 13.8 Å². The molecule has 1 heterocycles. The first kappa shape index (κ1) is 17.9. The van der Waals surface area contributed by atoms with Crippen LogP contribution in [0.4, 0.5) is 5.69 Å². The first-order chi connectivity index (χ1) is 11.3. The molecule has 8 heteroatoms. The maximum atomic E-state index is 12.1. The molecule has 2 rings (SSSR count). The molecular formula is C16H19N3O4S. The van der Waals surface area contributed by atoms with Gasteiger partial charge in [0.05, 0.1) is 12.3 Å². The number of ether oxygens (including phenoxy) is 1. The SMILES string of the molecule is CCOC(=O)c1cnc(S(N)(=O)=O)c(C)c1NCc1ccccc1. The molecule has 0 saturated heterocycles. The third-order valence-corrected chi connectivity index (χ3v) is 4.30. The molecule has 0 fully saturated rings. The van der Waals surface area contributed by atoms with Crippen LogP contribution in [0.2, 0.25) is 0 Å². The minimum Gasteiger partial charge on any atom is -0.462 e. The van der Waals surface area contributed by atoms with Gasteiger partial charge < -0.3 is 10.1 Å². The van der Waals surface area contributed by atoms with Crippen LogP contribution >= 0.6 is 0 Å². The maximum absolute atomic E-state index is 12.1. The van der Waals surface area contributed by atoms with Gasteiger partial charge >= 0.3 is 5.97 Å². The zero-order valence-electron chi connectivity index (χ0n) is 13.4. The number of primary sulfonamides is 1. The summed E-state index contributed by atoms with van der Waals surface area (Å²) >= 11 is 0. The molecule has 0 spiro atoms. The van der Waals surface area contributed by atoms with E-state index in [1.165, 1.54) is 0 Å². The van der Waals surface area contributed by atoms with Crippen molar-refractivity contribution >= 4 is 21.7 Å². The zero-order chi connectivity index (χ0) is 17.7. The summed E-state index contributed by atoms with van der Waals surface area (Å²) in [6, 6.07) is 9.49. The predicted octanol–water partition coefficient (Wildman–Crippen LogP) is 1.83. The number of pyridine rings is 1. The van der Waals surface area contributed by atoms with Crippen molar-refractivity contribution < 1.29 is 17.9 Å². The molecule has 0 amide bonds. The Hall–Kier alpha value is -2.45. The largest absolute Gasteiger partial charge is 0.462 e. The van der Waals surface area contributed by atoms with Crippen LogP contribution in [0.1, 0.15) is 28.4 Å². The number of benzene rings is 1. The van der Waals surface area contributed by atoms with E-state index in [-0.39, 0.29) is 22.8 Å². The molecule has 0 saturated carbocycles. The van der Waals surface area contributed by atoms with E-state index in [9.17, 15) is 13.2 Å². The van der Waals surface area contributed by atoms with Gasteiger partial charge in [0, 0.05) is 18.3 Å². The summed E-state index contributed by atoms with van der Waals surface area (Å²) in [5.41, 5.74) is 1.76. The fourth-order valence-electron chi connectivity index (χ4n) is 2.26. The van der Waals surface area contributed by atoms with Gasteiger partial charge in [0.1, 0.15) is 5.56 Å². The average molecular weight is 349 g/mol. The van der Waals surface area contributed by atoms with Crippen molar-refractivity contribution in [2.24, 2.45) is 5.14 Å². The van der Waals surface area contributed by atoms with E-state index < -0.39 is 16.0 Å². The van der Waals surface area contributed by atoms with E-state index in [4.69, 9.17) is 9.88 Å². The van der Waals surface area contributed by atoms with Crippen LogP contribution in [0.3, 0.4) is 0 Å². The zero-order valence-corrected chi connectivity index (χ0v) is 14.3. The summed E-state index contributed by atoms with van der Waals surface area (Å²) in [7, 11) is -4.00. The number of rotatable bonds is 6. The van der Waals surface area contributed by atoms with Crippen molar-refractivity contribution in [2.75, 3.05) is 11.9 Å². The Morgan fingerprint density at radius 3 is 2.54 bits per heavy atom. The van der Waals surface area contributed by atoms with Crippen molar-refractivity contribution in [1.82, 2.24) is 4.98 Å². The molecule has 0 aliphatic carbocycles. The van der Waals surface area contributed by atoms with Crippen molar-refractivity contribution in [3.8, 4) is 0 Å². The van der Waals surface area contributed by atoms with E-state index in [0.29, 0.717) is 12.2 Å². The van der Waals surface area contributed by atoms with Crippen LogP contribution in [0.25, 0.3) is 0 Å². The molecule has 0 bridgehead atoms. The van der Waals surface area contributed by atoms with Gasteiger partial charge in [0.2, 0.25) is 0 Å². The van der Waals surface area contributed by atoms with Gasteiger partial charge in [-0.2, -0.15) is 0 Å². The summed E-state index contributed by atoms with van der Waals surface area (Å²) in [4.78, 5) is 15.9. The number of carbonyl (C=O) groups excluding carboxylic acids is 1. The molecule has 0 atom stereocenters. The van der Waals surface area contributed by atoms with Crippen LogP contribution in [-0.2, 0) is 21.3 Å². The van der Waals surface area contributed by atoms with Crippen molar-refractivity contribution in [3.63, 3.8) is 0 Å². The second-order valence-corrected chi connectivity index (χ2v) is 6.56. The molecule has 1 aromatic carbocycles. The highest BCUT2D eigenvalue weighted by Crippen LogP contribution is 2.26. The fraction of sp³-hybridized carbons (Fsp3) is 0.250. The summed E-state index contributed by atoms with van der Waals surface area (Å²) in [6.45, 7) is 3.84. The lowest BCUT2D eigenvalue weighted by atomic mass is 10.1. The highest BCUT2D eigenvalue weighted by atomic mass is 32.2. The molecule has 3 N–H and O–H groups in total.